The summed E-state index contributed by atoms with van der Waals surface area (Å²) >= 11 is 0. The van der Waals surface area contributed by atoms with Gasteiger partial charge < -0.3 is 9.64 Å². The summed E-state index contributed by atoms with van der Waals surface area (Å²) in [5.74, 6) is 0.240. The highest BCUT2D eigenvalue weighted by Gasteiger charge is 2.31. The largest absolute Gasteiger partial charge is 0.495 e. The molecule has 0 fully saturated rings. The van der Waals surface area contributed by atoms with Crippen LogP contribution in [0.4, 0.5) is 11.4 Å². The first-order valence-electron chi connectivity index (χ1n) is 9.55. The number of para-hydroxylation sites is 3. The Morgan fingerprint density at radius 3 is 2.53 bits per heavy atom. The smallest absolute Gasteiger partial charge is 0.264 e. The minimum atomic E-state index is -3.77. The van der Waals surface area contributed by atoms with Crippen molar-refractivity contribution in [2.75, 3.05) is 29.9 Å². The fourth-order valence-corrected chi connectivity index (χ4v) is 5.23. The monoisotopic (exact) mass is 422 g/mol. The van der Waals surface area contributed by atoms with Crippen molar-refractivity contribution >= 4 is 27.3 Å². The highest BCUT2D eigenvalue weighted by Crippen LogP contribution is 2.33. The van der Waals surface area contributed by atoms with E-state index in [0.717, 1.165) is 5.56 Å². The Morgan fingerprint density at radius 2 is 1.73 bits per heavy atom. The molecule has 0 aliphatic carbocycles. The molecule has 1 aliphatic rings. The van der Waals surface area contributed by atoms with E-state index in [1.807, 2.05) is 36.4 Å². The summed E-state index contributed by atoms with van der Waals surface area (Å²) in [6, 6.07) is 20.8. The summed E-state index contributed by atoms with van der Waals surface area (Å²) < 4.78 is 33.3. The van der Waals surface area contributed by atoms with Crippen LogP contribution in [0.5, 0.6) is 5.75 Å². The van der Waals surface area contributed by atoms with Crippen LogP contribution in [0.25, 0.3) is 0 Å². The molecule has 6 nitrogen and oxygen atoms in total. The Kier molecular flexibility index (Phi) is 5.22. The molecule has 3 aromatic carbocycles. The van der Waals surface area contributed by atoms with Crippen LogP contribution in [0.2, 0.25) is 0 Å². The fraction of sp³-hybridized carbons (Fsp3) is 0.174. The Balaban J connectivity index is 1.67. The predicted octanol–water partition coefficient (Wildman–Crippen LogP) is 3.72. The van der Waals surface area contributed by atoms with E-state index in [4.69, 9.17) is 4.74 Å². The number of ether oxygens (including phenoxy) is 1. The molecule has 1 aliphatic heterocycles. The van der Waals surface area contributed by atoms with Crippen LogP contribution in [-0.4, -0.2) is 35.0 Å². The molecular weight excluding hydrogens is 400 g/mol. The molecule has 0 spiro atoms. The molecule has 30 heavy (non-hydrogen) atoms. The predicted molar refractivity (Wildman–Crippen MR) is 117 cm³/mol. The molecule has 0 radical (unpaired) electrons. The molecule has 154 valence electrons. The summed E-state index contributed by atoms with van der Waals surface area (Å²) in [6.45, 7) is 0.390. The summed E-state index contributed by atoms with van der Waals surface area (Å²) in [5.41, 5.74) is 2.59. The van der Waals surface area contributed by atoms with Crippen LogP contribution in [0.15, 0.2) is 77.7 Å². The number of carbonyl (C=O) groups is 1. The average Bonchev–Trinajstić information content (AvgIpc) is 3.23. The van der Waals surface area contributed by atoms with Gasteiger partial charge in [0.05, 0.1) is 23.4 Å². The number of rotatable bonds is 5. The third kappa shape index (κ3) is 3.41. The summed E-state index contributed by atoms with van der Waals surface area (Å²) in [5, 5.41) is 0. The van der Waals surface area contributed by atoms with Gasteiger partial charge in [0.2, 0.25) is 0 Å². The van der Waals surface area contributed by atoms with Crippen LogP contribution < -0.4 is 13.9 Å². The summed E-state index contributed by atoms with van der Waals surface area (Å²) in [7, 11) is -0.596. The molecule has 0 saturated heterocycles. The SMILES string of the molecule is COc1ccccc1N(C)C(=O)c1cccc(S(=O)(=O)N2CCc3ccccc32)c1. The van der Waals surface area contributed by atoms with E-state index in [-0.39, 0.29) is 16.4 Å². The molecule has 3 aromatic rings. The molecule has 0 N–H and O–H groups in total. The number of nitrogens with zero attached hydrogens (tertiary/aromatic N) is 2. The second-order valence-electron chi connectivity index (χ2n) is 7.02. The lowest BCUT2D eigenvalue weighted by Gasteiger charge is -2.22. The maximum Gasteiger partial charge on any atom is 0.264 e. The number of amides is 1. The van der Waals surface area contributed by atoms with Crippen LogP contribution in [0.3, 0.4) is 0 Å². The molecular formula is C23H22N2O4S. The molecule has 4 rings (SSSR count). The fourth-order valence-electron chi connectivity index (χ4n) is 3.68. The molecule has 1 amide bonds. The quantitative estimate of drug-likeness (QED) is 0.629. The van der Waals surface area contributed by atoms with E-state index in [2.05, 4.69) is 0 Å². The van der Waals surface area contributed by atoms with Gasteiger partial charge in [0.1, 0.15) is 5.75 Å². The van der Waals surface area contributed by atoms with Gasteiger partial charge in [-0.1, -0.05) is 36.4 Å². The Bertz CT molecular complexity index is 1210. The number of anilines is 2. The number of methoxy groups -OCH3 is 1. The van der Waals surface area contributed by atoms with Gasteiger partial charge in [-0.25, -0.2) is 8.42 Å². The number of hydrogen-bond donors (Lipinski definition) is 0. The zero-order valence-electron chi connectivity index (χ0n) is 16.8. The van der Waals surface area contributed by atoms with Crippen LogP contribution in [0, 0.1) is 0 Å². The van der Waals surface area contributed by atoms with Crippen molar-refractivity contribution in [1.82, 2.24) is 0 Å². The minimum absolute atomic E-state index is 0.0958. The Hall–Kier alpha value is -3.32. The van der Waals surface area contributed by atoms with Crippen molar-refractivity contribution in [2.24, 2.45) is 0 Å². The lowest BCUT2D eigenvalue weighted by atomic mass is 10.2. The molecule has 0 aromatic heterocycles. The maximum absolute atomic E-state index is 13.3. The molecule has 1 heterocycles. The molecule has 0 saturated carbocycles. The first kappa shape index (κ1) is 20.0. The van der Waals surface area contributed by atoms with Crippen LogP contribution in [0.1, 0.15) is 15.9 Å². The van der Waals surface area contributed by atoms with E-state index in [1.165, 1.54) is 28.4 Å². The number of benzene rings is 3. The van der Waals surface area contributed by atoms with Gasteiger partial charge in [-0.2, -0.15) is 0 Å². The van der Waals surface area contributed by atoms with Crippen molar-refractivity contribution in [1.29, 1.82) is 0 Å². The highest BCUT2D eigenvalue weighted by atomic mass is 32.2. The van der Waals surface area contributed by atoms with Crippen LogP contribution in [-0.2, 0) is 16.4 Å². The summed E-state index contributed by atoms with van der Waals surface area (Å²) in [6.07, 6.45) is 0.671. The second-order valence-corrected chi connectivity index (χ2v) is 8.88. The Labute approximate surface area is 176 Å². The van der Waals surface area contributed by atoms with E-state index in [1.54, 1.807) is 31.3 Å². The zero-order valence-corrected chi connectivity index (χ0v) is 17.6. The van der Waals surface area contributed by atoms with Gasteiger partial charge >= 0.3 is 0 Å². The van der Waals surface area contributed by atoms with E-state index in [9.17, 15) is 13.2 Å². The van der Waals surface area contributed by atoms with Crippen molar-refractivity contribution in [3.63, 3.8) is 0 Å². The van der Waals surface area contributed by atoms with Gasteiger partial charge in [-0.05, 0) is 48.4 Å². The first-order chi connectivity index (χ1) is 14.4. The maximum atomic E-state index is 13.3. The van der Waals surface area contributed by atoms with Crippen molar-refractivity contribution < 1.29 is 17.9 Å². The number of hydrogen-bond acceptors (Lipinski definition) is 4. The number of sulfonamides is 1. The number of carbonyl (C=O) groups excluding carboxylic acids is 1. The van der Waals surface area contributed by atoms with Gasteiger partial charge in [-0.15, -0.1) is 0 Å². The van der Waals surface area contributed by atoms with Gasteiger partial charge in [0, 0.05) is 19.2 Å². The van der Waals surface area contributed by atoms with E-state index >= 15 is 0 Å². The van der Waals surface area contributed by atoms with Crippen molar-refractivity contribution in [2.45, 2.75) is 11.3 Å². The van der Waals surface area contributed by atoms with Crippen LogP contribution >= 0.6 is 0 Å². The topological polar surface area (TPSA) is 66.9 Å². The minimum Gasteiger partial charge on any atom is -0.495 e. The van der Waals surface area contributed by atoms with E-state index in [0.29, 0.717) is 30.1 Å². The highest BCUT2D eigenvalue weighted by molar-refractivity contribution is 7.92. The van der Waals surface area contributed by atoms with Crippen molar-refractivity contribution in [3.8, 4) is 5.75 Å². The average molecular weight is 423 g/mol. The van der Waals surface area contributed by atoms with Crippen molar-refractivity contribution in [3.05, 3.63) is 83.9 Å². The number of fused-ring (bicyclic) bond motifs is 1. The summed E-state index contributed by atoms with van der Waals surface area (Å²) in [4.78, 5) is 14.6. The molecule has 0 unspecified atom stereocenters. The standard InChI is InChI=1S/C23H22N2O4S/c1-24(21-12-5-6-13-22(21)29-2)23(26)18-9-7-10-19(16-18)30(27,28)25-15-14-17-8-3-4-11-20(17)25/h3-13,16H,14-15H2,1-2H3. The third-order valence-electron chi connectivity index (χ3n) is 5.26. The molecule has 0 atom stereocenters. The normalized spacial score (nSPS) is 13.1. The molecule has 7 heteroatoms. The molecule has 0 bridgehead atoms. The lowest BCUT2D eigenvalue weighted by molar-refractivity contribution is 0.0992. The van der Waals surface area contributed by atoms with Gasteiger partial charge in [-0.3, -0.25) is 9.10 Å². The lowest BCUT2D eigenvalue weighted by Crippen LogP contribution is -2.30. The zero-order chi connectivity index (χ0) is 21.3. The Morgan fingerprint density at radius 1 is 1.00 bits per heavy atom. The van der Waals surface area contributed by atoms with Gasteiger partial charge in [0.25, 0.3) is 15.9 Å². The van der Waals surface area contributed by atoms with Gasteiger partial charge in [0.15, 0.2) is 0 Å². The first-order valence-corrected chi connectivity index (χ1v) is 11.0. The third-order valence-corrected chi connectivity index (χ3v) is 7.07. The second kappa shape index (κ2) is 7.84. The van der Waals surface area contributed by atoms with E-state index < -0.39 is 10.0 Å².